The van der Waals surface area contributed by atoms with Gasteiger partial charge in [0.25, 0.3) is 0 Å². The van der Waals surface area contributed by atoms with Gasteiger partial charge in [-0.05, 0) is 0 Å². The molecule has 4 bridgehead atoms. The number of ether oxygens (including phenoxy) is 8. The van der Waals surface area contributed by atoms with Gasteiger partial charge in [0.15, 0.2) is 0 Å². The van der Waals surface area contributed by atoms with E-state index in [1.807, 2.05) is 0 Å². The standard InChI is InChI=1S/C28H56N4O8/c1-13-33-14-2-30-5-17-36-21-9-31-7-19-34-15-3-29(1)4-16-35-20-8-32(10-22-37-18-6-30)12-24-39-26-28-40-27-25-38-23-11-31/h1-28H2. The fourth-order valence-electron chi connectivity index (χ4n) is 4.72. The normalized spacial score (nSPS) is 32.4. The highest BCUT2D eigenvalue weighted by Crippen LogP contribution is 1.99. The molecule has 0 aromatic carbocycles. The molecule has 4 rings (SSSR count). The summed E-state index contributed by atoms with van der Waals surface area (Å²) in [6.45, 7) is 20.9. The van der Waals surface area contributed by atoms with Gasteiger partial charge in [-0.25, -0.2) is 0 Å². The van der Waals surface area contributed by atoms with E-state index in [1.54, 1.807) is 0 Å². The molecule has 0 spiro atoms. The summed E-state index contributed by atoms with van der Waals surface area (Å²) in [5.41, 5.74) is 0. The highest BCUT2D eigenvalue weighted by Gasteiger charge is 2.12. The van der Waals surface area contributed by atoms with Crippen LogP contribution in [-0.4, -0.2) is 204 Å². The van der Waals surface area contributed by atoms with Crippen molar-refractivity contribution in [2.75, 3.05) is 184 Å². The van der Waals surface area contributed by atoms with Crippen LogP contribution in [0.5, 0.6) is 0 Å². The second-order valence-corrected chi connectivity index (χ2v) is 10.3. The van der Waals surface area contributed by atoms with E-state index in [0.717, 1.165) is 78.5 Å². The minimum atomic E-state index is 0.578. The maximum absolute atomic E-state index is 6.05. The summed E-state index contributed by atoms with van der Waals surface area (Å²) in [5, 5.41) is 0. The Morgan fingerprint density at radius 1 is 0.175 bits per heavy atom. The van der Waals surface area contributed by atoms with E-state index in [4.69, 9.17) is 37.9 Å². The van der Waals surface area contributed by atoms with Crippen LogP contribution in [0.3, 0.4) is 0 Å². The van der Waals surface area contributed by atoms with E-state index in [0.29, 0.717) is 106 Å². The van der Waals surface area contributed by atoms with Crippen LogP contribution in [0.4, 0.5) is 0 Å². The molecule has 0 aromatic rings. The van der Waals surface area contributed by atoms with Crippen molar-refractivity contribution in [1.29, 1.82) is 0 Å². The molecule has 0 N–H and O–H groups in total. The quantitative estimate of drug-likeness (QED) is 0.344. The number of rotatable bonds is 0. The summed E-state index contributed by atoms with van der Waals surface area (Å²) in [7, 11) is 0. The molecule has 0 saturated carbocycles. The molecule has 12 nitrogen and oxygen atoms in total. The van der Waals surface area contributed by atoms with Crippen LogP contribution in [-0.2, 0) is 37.9 Å². The zero-order chi connectivity index (χ0) is 27.8. The molecule has 40 heavy (non-hydrogen) atoms. The first-order valence-electron chi connectivity index (χ1n) is 15.4. The van der Waals surface area contributed by atoms with E-state index in [9.17, 15) is 0 Å². The Balaban J connectivity index is 1.65. The molecule has 4 fully saturated rings. The average molecular weight is 577 g/mol. The van der Waals surface area contributed by atoms with Crippen molar-refractivity contribution in [3.8, 4) is 0 Å². The second kappa shape index (κ2) is 24.0. The monoisotopic (exact) mass is 576 g/mol. The van der Waals surface area contributed by atoms with E-state index in [-0.39, 0.29) is 0 Å². The fourth-order valence-corrected chi connectivity index (χ4v) is 4.72. The van der Waals surface area contributed by atoms with Crippen molar-refractivity contribution < 1.29 is 37.9 Å². The van der Waals surface area contributed by atoms with Gasteiger partial charge in [0.2, 0.25) is 0 Å². The number of fused-ring (bicyclic) bond motifs is 30. The lowest BCUT2D eigenvalue weighted by Crippen LogP contribution is -2.39. The minimum absolute atomic E-state index is 0.578. The van der Waals surface area contributed by atoms with Crippen molar-refractivity contribution in [2.45, 2.75) is 0 Å². The van der Waals surface area contributed by atoms with Gasteiger partial charge in [-0.3, -0.25) is 19.6 Å². The number of nitrogens with zero attached hydrogens (tertiary/aromatic N) is 4. The zero-order valence-corrected chi connectivity index (χ0v) is 24.9. The third kappa shape index (κ3) is 17.5. The second-order valence-electron chi connectivity index (χ2n) is 10.3. The van der Waals surface area contributed by atoms with E-state index >= 15 is 0 Å². The molecule has 4 saturated heterocycles. The highest BCUT2D eigenvalue weighted by atomic mass is 16.5. The first kappa shape index (κ1) is 34.0. The topological polar surface area (TPSA) is 86.8 Å². The lowest BCUT2D eigenvalue weighted by molar-refractivity contribution is -0.00573. The van der Waals surface area contributed by atoms with Crippen LogP contribution in [0.15, 0.2) is 0 Å². The van der Waals surface area contributed by atoms with Gasteiger partial charge in [-0.15, -0.1) is 0 Å². The molecule has 0 radical (unpaired) electrons. The van der Waals surface area contributed by atoms with Crippen LogP contribution < -0.4 is 0 Å². The maximum Gasteiger partial charge on any atom is 0.0701 e. The van der Waals surface area contributed by atoms with Gasteiger partial charge in [0.1, 0.15) is 0 Å². The van der Waals surface area contributed by atoms with Gasteiger partial charge in [0, 0.05) is 78.5 Å². The molecule has 4 heterocycles. The van der Waals surface area contributed by atoms with E-state index in [2.05, 4.69) is 19.6 Å². The summed E-state index contributed by atoms with van der Waals surface area (Å²) in [4.78, 5) is 9.51. The van der Waals surface area contributed by atoms with Gasteiger partial charge < -0.3 is 37.9 Å². The summed E-state index contributed by atoms with van der Waals surface area (Å²) in [6, 6.07) is 0. The van der Waals surface area contributed by atoms with Crippen molar-refractivity contribution in [3.05, 3.63) is 0 Å². The predicted molar refractivity (Wildman–Crippen MR) is 152 cm³/mol. The van der Waals surface area contributed by atoms with Crippen LogP contribution >= 0.6 is 0 Å². The number of hydrogen-bond donors (Lipinski definition) is 0. The first-order chi connectivity index (χ1) is 19.9. The minimum Gasteiger partial charge on any atom is -0.379 e. The Morgan fingerprint density at radius 3 is 0.475 bits per heavy atom. The molecule has 12 heteroatoms. The van der Waals surface area contributed by atoms with Gasteiger partial charge in [-0.2, -0.15) is 0 Å². The van der Waals surface area contributed by atoms with E-state index < -0.39 is 0 Å². The van der Waals surface area contributed by atoms with Gasteiger partial charge in [-0.1, -0.05) is 0 Å². The maximum atomic E-state index is 6.05. The SMILES string of the molecule is C1COCCN2CCOCCN3CCOCCN(CCOCCO1)CCOCCN(CCOCC2)CCOCC3. The summed E-state index contributed by atoms with van der Waals surface area (Å²) >= 11 is 0. The molecule has 0 aromatic heterocycles. The molecule has 0 atom stereocenters. The Labute approximate surface area is 242 Å². The number of hydrogen-bond acceptors (Lipinski definition) is 12. The summed E-state index contributed by atoms with van der Waals surface area (Å²) < 4.78 is 47.6. The molecular formula is C28H56N4O8. The summed E-state index contributed by atoms with van der Waals surface area (Å²) in [5.74, 6) is 0. The molecular weight excluding hydrogens is 520 g/mol. The third-order valence-corrected chi connectivity index (χ3v) is 7.37. The lowest BCUT2D eigenvalue weighted by atomic mass is 10.4. The van der Waals surface area contributed by atoms with Crippen molar-refractivity contribution in [2.24, 2.45) is 0 Å². The predicted octanol–water partition coefficient (Wildman–Crippen LogP) is -0.632. The Morgan fingerprint density at radius 2 is 0.300 bits per heavy atom. The van der Waals surface area contributed by atoms with Crippen LogP contribution in [0.1, 0.15) is 0 Å². The van der Waals surface area contributed by atoms with Crippen LogP contribution in [0.2, 0.25) is 0 Å². The molecule has 236 valence electrons. The Bertz CT molecular complexity index is 508. The lowest BCUT2D eigenvalue weighted by Gasteiger charge is -2.27. The van der Waals surface area contributed by atoms with Crippen molar-refractivity contribution in [3.63, 3.8) is 0 Å². The third-order valence-electron chi connectivity index (χ3n) is 7.37. The van der Waals surface area contributed by atoms with Crippen molar-refractivity contribution in [1.82, 2.24) is 19.6 Å². The first-order valence-corrected chi connectivity index (χ1v) is 15.4. The highest BCUT2D eigenvalue weighted by molar-refractivity contribution is 4.63. The molecule has 0 aliphatic carbocycles. The molecule has 4 aliphatic rings. The molecule has 4 aliphatic heterocycles. The Hall–Kier alpha value is -0.480. The summed E-state index contributed by atoms with van der Waals surface area (Å²) in [6.07, 6.45) is 0. The van der Waals surface area contributed by atoms with Gasteiger partial charge in [0.05, 0.1) is 106 Å². The largest absolute Gasteiger partial charge is 0.379 e. The average Bonchev–Trinajstić information content (AvgIpc) is 2.95. The molecule has 0 amide bonds. The van der Waals surface area contributed by atoms with E-state index in [1.165, 1.54) is 0 Å². The fraction of sp³-hybridized carbons (Fsp3) is 1.00. The van der Waals surface area contributed by atoms with Crippen LogP contribution in [0.25, 0.3) is 0 Å². The van der Waals surface area contributed by atoms with Gasteiger partial charge >= 0.3 is 0 Å². The van der Waals surface area contributed by atoms with Crippen LogP contribution in [0, 0.1) is 0 Å². The molecule has 0 unspecified atom stereocenters. The Kier molecular flexibility index (Phi) is 20.4. The van der Waals surface area contributed by atoms with Crippen molar-refractivity contribution >= 4 is 0 Å². The zero-order valence-electron chi connectivity index (χ0n) is 24.9. The smallest absolute Gasteiger partial charge is 0.0701 e.